The summed E-state index contributed by atoms with van der Waals surface area (Å²) in [4.78, 5) is 12.7. The van der Waals surface area contributed by atoms with Crippen LogP contribution < -0.4 is 20.1 Å². The van der Waals surface area contributed by atoms with E-state index in [1.165, 1.54) is 0 Å². The average molecular weight is 435 g/mol. The summed E-state index contributed by atoms with van der Waals surface area (Å²) in [5.41, 5.74) is 0.431. The van der Waals surface area contributed by atoms with Crippen LogP contribution in [0.5, 0.6) is 11.5 Å². The Hall–Kier alpha value is -1.21. The van der Waals surface area contributed by atoms with Crippen LogP contribution in [0.15, 0.2) is 12.1 Å². The SMILES string of the molecule is CCCOc1c(Cl)cc(C(=O)NCC2(COC)CCNCC2)cc1OCC.Cl. The van der Waals surface area contributed by atoms with Gasteiger partial charge >= 0.3 is 0 Å². The van der Waals surface area contributed by atoms with E-state index in [1.54, 1.807) is 19.2 Å². The Bertz CT molecular complexity index is 617. The molecule has 0 radical (unpaired) electrons. The Balaban J connectivity index is 0.00000392. The molecule has 1 aromatic carbocycles. The lowest BCUT2D eigenvalue weighted by atomic mass is 9.79. The molecule has 2 rings (SSSR count). The van der Waals surface area contributed by atoms with E-state index >= 15 is 0 Å². The van der Waals surface area contributed by atoms with Crippen LogP contribution in [0, 0.1) is 5.41 Å². The zero-order valence-corrected chi connectivity index (χ0v) is 18.5. The first kappa shape index (κ1) is 24.8. The highest BCUT2D eigenvalue weighted by atomic mass is 35.5. The van der Waals surface area contributed by atoms with Gasteiger partial charge in [0.25, 0.3) is 5.91 Å². The van der Waals surface area contributed by atoms with Crippen molar-refractivity contribution >= 4 is 29.9 Å². The Morgan fingerprint density at radius 2 is 1.96 bits per heavy atom. The molecule has 1 fully saturated rings. The van der Waals surface area contributed by atoms with E-state index in [-0.39, 0.29) is 23.7 Å². The second kappa shape index (κ2) is 12.4. The van der Waals surface area contributed by atoms with E-state index in [0.29, 0.717) is 48.5 Å². The Morgan fingerprint density at radius 1 is 1.25 bits per heavy atom. The number of rotatable bonds is 10. The van der Waals surface area contributed by atoms with Crippen LogP contribution in [-0.2, 0) is 4.74 Å². The number of hydrogen-bond donors (Lipinski definition) is 2. The molecule has 0 saturated carbocycles. The van der Waals surface area contributed by atoms with Gasteiger partial charge in [-0.15, -0.1) is 12.4 Å². The number of piperidine rings is 1. The molecular weight excluding hydrogens is 403 g/mol. The van der Waals surface area contributed by atoms with Crippen LogP contribution in [0.3, 0.4) is 0 Å². The molecule has 0 aliphatic carbocycles. The lowest BCUT2D eigenvalue weighted by molar-refractivity contribution is 0.0511. The minimum Gasteiger partial charge on any atom is -0.490 e. The molecule has 0 aromatic heterocycles. The summed E-state index contributed by atoms with van der Waals surface area (Å²) in [6.07, 6.45) is 2.80. The summed E-state index contributed by atoms with van der Waals surface area (Å²) in [5.74, 6) is 0.817. The molecule has 1 amide bonds. The molecule has 28 heavy (non-hydrogen) atoms. The summed E-state index contributed by atoms with van der Waals surface area (Å²) >= 11 is 6.36. The van der Waals surface area contributed by atoms with E-state index < -0.39 is 0 Å². The molecule has 1 aromatic rings. The quantitative estimate of drug-likeness (QED) is 0.587. The fourth-order valence-electron chi connectivity index (χ4n) is 3.31. The lowest BCUT2D eigenvalue weighted by Gasteiger charge is -2.37. The van der Waals surface area contributed by atoms with Gasteiger partial charge < -0.3 is 24.8 Å². The second-order valence-corrected chi connectivity index (χ2v) is 7.34. The summed E-state index contributed by atoms with van der Waals surface area (Å²) < 4.78 is 16.7. The van der Waals surface area contributed by atoms with Crippen LogP contribution in [-0.4, -0.2) is 52.5 Å². The van der Waals surface area contributed by atoms with Gasteiger partial charge in [-0.05, 0) is 51.4 Å². The number of hydrogen-bond acceptors (Lipinski definition) is 5. The third-order valence-electron chi connectivity index (χ3n) is 4.76. The average Bonchev–Trinajstić information content (AvgIpc) is 2.66. The minimum atomic E-state index is -0.172. The largest absolute Gasteiger partial charge is 0.490 e. The first-order valence-electron chi connectivity index (χ1n) is 9.62. The van der Waals surface area contributed by atoms with Crippen LogP contribution >= 0.6 is 24.0 Å². The molecule has 0 bridgehead atoms. The highest BCUT2D eigenvalue weighted by Crippen LogP contribution is 2.37. The summed E-state index contributed by atoms with van der Waals surface area (Å²) in [5, 5.41) is 6.79. The van der Waals surface area contributed by atoms with Gasteiger partial charge in [-0.2, -0.15) is 0 Å². The van der Waals surface area contributed by atoms with Gasteiger partial charge in [-0.1, -0.05) is 18.5 Å². The zero-order chi connectivity index (χ0) is 19.7. The third kappa shape index (κ3) is 6.69. The van der Waals surface area contributed by atoms with Crippen molar-refractivity contribution in [3.63, 3.8) is 0 Å². The fourth-order valence-corrected chi connectivity index (χ4v) is 3.58. The Kier molecular flexibility index (Phi) is 11.0. The molecular formula is C20H32Cl2N2O4. The lowest BCUT2D eigenvalue weighted by Crippen LogP contribution is -2.47. The van der Waals surface area contributed by atoms with Crippen LogP contribution in [0.1, 0.15) is 43.5 Å². The number of carbonyl (C=O) groups excluding carboxylic acids is 1. The topological polar surface area (TPSA) is 68.8 Å². The normalized spacial score (nSPS) is 15.4. The van der Waals surface area contributed by atoms with Crippen molar-refractivity contribution in [1.29, 1.82) is 0 Å². The van der Waals surface area contributed by atoms with E-state index in [2.05, 4.69) is 10.6 Å². The van der Waals surface area contributed by atoms with Crippen molar-refractivity contribution in [2.24, 2.45) is 5.41 Å². The highest BCUT2D eigenvalue weighted by molar-refractivity contribution is 6.32. The second-order valence-electron chi connectivity index (χ2n) is 6.93. The first-order chi connectivity index (χ1) is 13.0. The monoisotopic (exact) mass is 434 g/mol. The van der Waals surface area contributed by atoms with Gasteiger partial charge in [-0.25, -0.2) is 0 Å². The summed E-state index contributed by atoms with van der Waals surface area (Å²) in [6, 6.07) is 3.33. The molecule has 160 valence electrons. The van der Waals surface area contributed by atoms with Crippen molar-refractivity contribution in [3.8, 4) is 11.5 Å². The number of amides is 1. The van der Waals surface area contributed by atoms with Crippen LogP contribution in [0.25, 0.3) is 0 Å². The van der Waals surface area contributed by atoms with Crippen molar-refractivity contribution in [1.82, 2.24) is 10.6 Å². The fraction of sp³-hybridized carbons (Fsp3) is 0.650. The van der Waals surface area contributed by atoms with Gasteiger partial charge in [-0.3, -0.25) is 4.79 Å². The highest BCUT2D eigenvalue weighted by Gasteiger charge is 2.32. The molecule has 6 nitrogen and oxygen atoms in total. The summed E-state index contributed by atoms with van der Waals surface area (Å²) in [6.45, 7) is 7.97. The van der Waals surface area contributed by atoms with E-state index in [4.69, 9.17) is 25.8 Å². The van der Waals surface area contributed by atoms with Gasteiger partial charge in [0.2, 0.25) is 0 Å². The number of benzene rings is 1. The van der Waals surface area contributed by atoms with Crippen LogP contribution in [0.4, 0.5) is 0 Å². The number of carbonyl (C=O) groups is 1. The number of ether oxygens (including phenoxy) is 3. The molecule has 0 spiro atoms. The number of halogens is 2. The predicted molar refractivity (Wildman–Crippen MR) is 114 cm³/mol. The first-order valence-corrected chi connectivity index (χ1v) is 10.00. The van der Waals surface area contributed by atoms with Crippen molar-refractivity contribution < 1.29 is 19.0 Å². The molecule has 8 heteroatoms. The Labute approximate surface area is 179 Å². The molecule has 1 aliphatic heterocycles. The van der Waals surface area contributed by atoms with Crippen LogP contribution in [0.2, 0.25) is 5.02 Å². The number of methoxy groups -OCH3 is 1. The maximum absolute atomic E-state index is 12.7. The van der Waals surface area contributed by atoms with E-state index in [9.17, 15) is 4.79 Å². The van der Waals surface area contributed by atoms with Gasteiger partial charge in [0.05, 0.1) is 24.8 Å². The summed E-state index contributed by atoms with van der Waals surface area (Å²) in [7, 11) is 1.70. The predicted octanol–water partition coefficient (Wildman–Crippen LogP) is 3.70. The van der Waals surface area contributed by atoms with Gasteiger partial charge in [0, 0.05) is 24.6 Å². The molecule has 1 heterocycles. The van der Waals surface area contributed by atoms with Crippen molar-refractivity contribution in [3.05, 3.63) is 22.7 Å². The van der Waals surface area contributed by atoms with Gasteiger partial charge in [0.15, 0.2) is 11.5 Å². The van der Waals surface area contributed by atoms with Crippen molar-refractivity contribution in [2.45, 2.75) is 33.1 Å². The molecule has 0 unspecified atom stereocenters. The smallest absolute Gasteiger partial charge is 0.251 e. The maximum Gasteiger partial charge on any atom is 0.251 e. The standard InChI is InChI=1S/C20H31ClN2O4.ClH/c1-4-10-27-18-16(21)11-15(12-17(18)26-5-2)19(24)23-13-20(14-25-3)6-8-22-9-7-20;/h11-12,22H,4-10,13-14H2,1-3H3,(H,23,24);1H. The molecule has 1 saturated heterocycles. The van der Waals surface area contributed by atoms with E-state index in [0.717, 1.165) is 32.4 Å². The third-order valence-corrected chi connectivity index (χ3v) is 5.04. The molecule has 1 aliphatic rings. The van der Waals surface area contributed by atoms with Gasteiger partial charge in [0.1, 0.15) is 0 Å². The van der Waals surface area contributed by atoms with Crippen molar-refractivity contribution in [2.75, 3.05) is 46.6 Å². The molecule has 2 N–H and O–H groups in total. The Morgan fingerprint density at radius 3 is 2.57 bits per heavy atom. The molecule has 0 atom stereocenters. The zero-order valence-electron chi connectivity index (χ0n) is 16.9. The maximum atomic E-state index is 12.7. The minimum absolute atomic E-state index is 0. The van der Waals surface area contributed by atoms with E-state index in [1.807, 2.05) is 13.8 Å². The number of nitrogens with one attached hydrogen (secondary N) is 2.